The Morgan fingerprint density at radius 1 is 0.655 bits per heavy atom. The van der Waals surface area contributed by atoms with Crippen molar-refractivity contribution in [1.29, 1.82) is 0 Å². The van der Waals surface area contributed by atoms with E-state index in [1.165, 1.54) is 0 Å². The molecule has 0 aliphatic carbocycles. The number of nitrogens with zero attached hydrogens (tertiary/aromatic N) is 2. The van der Waals surface area contributed by atoms with Crippen LogP contribution in [0.1, 0.15) is 38.8 Å². The Balaban J connectivity index is 2.23. The summed E-state index contributed by atoms with van der Waals surface area (Å²) in [5.74, 6) is 0. The topological polar surface area (TPSA) is 64.7 Å². The molecule has 0 saturated heterocycles. The average Bonchev–Trinajstić information content (AvgIpc) is 2.72. The van der Waals surface area contributed by atoms with Gasteiger partial charge in [0, 0.05) is 44.0 Å². The Hall–Kier alpha value is -3.02. The number of amides is 4. The van der Waals surface area contributed by atoms with Crippen LogP contribution in [0.3, 0.4) is 0 Å². The van der Waals surface area contributed by atoms with E-state index >= 15 is 0 Å². The molecule has 0 aliphatic rings. The maximum absolute atomic E-state index is 12.5. The molecule has 0 spiro atoms. The Morgan fingerprint density at radius 3 is 1.34 bits per heavy atom. The van der Waals surface area contributed by atoms with Gasteiger partial charge in [-0.2, -0.15) is 0 Å². The molecule has 2 rings (SSSR count). The van der Waals surface area contributed by atoms with Crippen molar-refractivity contribution < 1.29 is 9.59 Å². The SMILES string of the molecule is CCN(CC)C(=O)Nc1ccccc1Cc1ccccc1NC(=O)N(CC)CC. The second-order valence-corrected chi connectivity index (χ2v) is 6.70. The van der Waals surface area contributed by atoms with Gasteiger partial charge in [-0.25, -0.2) is 9.59 Å². The van der Waals surface area contributed by atoms with E-state index in [4.69, 9.17) is 0 Å². The molecule has 0 radical (unpaired) electrons. The van der Waals surface area contributed by atoms with E-state index in [-0.39, 0.29) is 12.1 Å². The third-order valence-electron chi connectivity index (χ3n) is 5.00. The number of anilines is 2. The summed E-state index contributed by atoms with van der Waals surface area (Å²) in [6.07, 6.45) is 0.601. The zero-order valence-electron chi connectivity index (χ0n) is 17.9. The summed E-state index contributed by atoms with van der Waals surface area (Å²) in [7, 11) is 0. The van der Waals surface area contributed by atoms with Crippen LogP contribution in [-0.2, 0) is 6.42 Å². The Morgan fingerprint density at radius 2 is 1.00 bits per heavy atom. The summed E-state index contributed by atoms with van der Waals surface area (Å²) >= 11 is 0. The Labute approximate surface area is 173 Å². The Kier molecular flexibility index (Phi) is 8.52. The van der Waals surface area contributed by atoms with Gasteiger partial charge in [0.2, 0.25) is 0 Å². The number of urea groups is 2. The van der Waals surface area contributed by atoms with Crippen molar-refractivity contribution >= 4 is 23.4 Å². The lowest BCUT2D eigenvalue weighted by atomic mass is 10.0. The van der Waals surface area contributed by atoms with Gasteiger partial charge >= 0.3 is 12.1 Å². The number of para-hydroxylation sites is 2. The summed E-state index contributed by atoms with van der Waals surface area (Å²) in [5.41, 5.74) is 3.57. The van der Waals surface area contributed by atoms with Crippen molar-refractivity contribution in [2.75, 3.05) is 36.8 Å². The molecule has 2 N–H and O–H groups in total. The highest BCUT2D eigenvalue weighted by Gasteiger charge is 2.15. The first-order valence-corrected chi connectivity index (χ1v) is 10.3. The van der Waals surface area contributed by atoms with Crippen molar-refractivity contribution in [2.24, 2.45) is 0 Å². The molecule has 6 nitrogen and oxygen atoms in total. The van der Waals surface area contributed by atoms with Crippen molar-refractivity contribution in [3.63, 3.8) is 0 Å². The van der Waals surface area contributed by atoms with Crippen molar-refractivity contribution in [2.45, 2.75) is 34.1 Å². The van der Waals surface area contributed by atoms with Gasteiger partial charge in [-0.15, -0.1) is 0 Å². The van der Waals surface area contributed by atoms with Gasteiger partial charge in [0.25, 0.3) is 0 Å². The molecule has 0 unspecified atom stereocenters. The van der Waals surface area contributed by atoms with Crippen molar-refractivity contribution in [3.05, 3.63) is 59.7 Å². The third-order valence-corrected chi connectivity index (χ3v) is 5.00. The first-order valence-electron chi connectivity index (χ1n) is 10.3. The summed E-state index contributed by atoms with van der Waals surface area (Å²) in [4.78, 5) is 28.5. The van der Waals surface area contributed by atoms with Gasteiger partial charge in [-0.1, -0.05) is 36.4 Å². The monoisotopic (exact) mass is 396 g/mol. The third kappa shape index (κ3) is 5.98. The molecule has 0 aromatic heterocycles. The molecule has 0 heterocycles. The fourth-order valence-corrected chi connectivity index (χ4v) is 3.21. The first kappa shape index (κ1) is 22.3. The van der Waals surface area contributed by atoms with Gasteiger partial charge in [-0.05, 0) is 51.0 Å². The molecule has 0 atom stereocenters. The number of hydrogen-bond donors (Lipinski definition) is 2. The molecule has 0 aliphatic heterocycles. The van der Waals surface area contributed by atoms with Crippen LogP contribution in [0.25, 0.3) is 0 Å². The standard InChI is InChI=1S/C23H32N4O2/c1-5-26(6-2)22(28)24-20-15-11-9-13-18(20)17-19-14-10-12-16-21(19)25-23(29)27(7-3)8-4/h9-16H,5-8,17H2,1-4H3,(H,24,28)(H,25,29). The van der Waals surface area contributed by atoms with Gasteiger partial charge in [0.1, 0.15) is 0 Å². The second kappa shape index (κ2) is 11.1. The number of carbonyl (C=O) groups excluding carboxylic acids is 2. The summed E-state index contributed by atoms with van der Waals surface area (Å²) < 4.78 is 0. The van der Waals surface area contributed by atoms with Crippen LogP contribution in [0.15, 0.2) is 48.5 Å². The van der Waals surface area contributed by atoms with Crippen molar-refractivity contribution in [3.8, 4) is 0 Å². The van der Waals surface area contributed by atoms with E-state index in [1.54, 1.807) is 9.80 Å². The molecular weight excluding hydrogens is 364 g/mol. The summed E-state index contributed by atoms with van der Waals surface area (Å²) in [5, 5.41) is 6.04. The molecule has 2 aromatic carbocycles. The van der Waals surface area contributed by atoms with Crippen LogP contribution in [0.4, 0.5) is 21.0 Å². The summed E-state index contributed by atoms with van der Waals surface area (Å²) in [6, 6.07) is 15.4. The molecule has 4 amide bonds. The van der Waals surface area contributed by atoms with Gasteiger partial charge < -0.3 is 20.4 Å². The maximum atomic E-state index is 12.5. The first-order chi connectivity index (χ1) is 14.0. The van der Waals surface area contributed by atoms with E-state index in [1.807, 2.05) is 76.2 Å². The van der Waals surface area contributed by atoms with Gasteiger partial charge in [0.05, 0.1) is 0 Å². The molecular formula is C23H32N4O2. The smallest absolute Gasteiger partial charge is 0.321 e. The molecule has 0 bridgehead atoms. The lowest BCUT2D eigenvalue weighted by Crippen LogP contribution is -2.35. The van der Waals surface area contributed by atoms with Crippen LogP contribution in [-0.4, -0.2) is 48.0 Å². The van der Waals surface area contributed by atoms with Crippen LogP contribution in [0.5, 0.6) is 0 Å². The fraction of sp³-hybridized carbons (Fsp3) is 0.391. The zero-order chi connectivity index (χ0) is 21.2. The molecule has 0 fully saturated rings. The lowest BCUT2D eigenvalue weighted by Gasteiger charge is -2.22. The molecule has 0 saturated carbocycles. The highest BCUT2D eigenvalue weighted by molar-refractivity contribution is 5.91. The average molecular weight is 397 g/mol. The molecule has 6 heteroatoms. The molecule has 2 aromatic rings. The number of benzene rings is 2. The molecule has 156 valence electrons. The number of hydrogen-bond acceptors (Lipinski definition) is 2. The number of carbonyl (C=O) groups is 2. The fourth-order valence-electron chi connectivity index (χ4n) is 3.21. The van der Waals surface area contributed by atoms with E-state index in [0.29, 0.717) is 32.6 Å². The normalized spacial score (nSPS) is 10.3. The highest BCUT2D eigenvalue weighted by Crippen LogP contribution is 2.24. The number of rotatable bonds is 8. The van der Waals surface area contributed by atoms with Gasteiger partial charge in [0.15, 0.2) is 0 Å². The summed E-state index contributed by atoms with van der Waals surface area (Å²) in [6.45, 7) is 10.5. The number of nitrogens with one attached hydrogen (secondary N) is 2. The Bertz CT molecular complexity index is 747. The maximum Gasteiger partial charge on any atom is 0.321 e. The van der Waals surface area contributed by atoms with Crippen molar-refractivity contribution in [1.82, 2.24) is 9.80 Å². The zero-order valence-corrected chi connectivity index (χ0v) is 17.9. The quantitative estimate of drug-likeness (QED) is 0.658. The predicted molar refractivity (Wildman–Crippen MR) is 120 cm³/mol. The highest BCUT2D eigenvalue weighted by atomic mass is 16.2. The predicted octanol–water partition coefficient (Wildman–Crippen LogP) is 5.02. The van der Waals surface area contributed by atoms with E-state index < -0.39 is 0 Å². The largest absolute Gasteiger partial charge is 0.325 e. The second-order valence-electron chi connectivity index (χ2n) is 6.70. The van der Waals surface area contributed by atoms with Crippen LogP contribution >= 0.6 is 0 Å². The van der Waals surface area contributed by atoms with Gasteiger partial charge in [-0.3, -0.25) is 0 Å². The van der Waals surface area contributed by atoms with Crippen LogP contribution < -0.4 is 10.6 Å². The van der Waals surface area contributed by atoms with E-state index in [0.717, 1.165) is 22.5 Å². The van der Waals surface area contributed by atoms with Crippen LogP contribution in [0.2, 0.25) is 0 Å². The molecule has 29 heavy (non-hydrogen) atoms. The minimum atomic E-state index is -0.106. The van der Waals surface area contributed by atoms with Crippen LogP contribution in [0, 0.1) is 0 Å². The lowest BCUT2D eigenvalue weighted by molar-refractivity contribution is 0.216. The minimum Gasteiger partial charge on any atom is -0.325 e. The minimum absolute atomic E-state index is 0.106. The van der Waals surface area contributed by atoms with E-state index in [9.17, 15) is 9.59 Å². The van der Waals surface area contributed by atoms with E-state index in [2.05, 4.69) is 10.6 Å².